The van der Waals surface area contributed by atoms with Gasteiger partial charge in [0.2, 0.25) is 5.91 Å². The summed E-state index contributed by atoms with van der Waals surface area (Å²) in [6.07, 6.45) is 0.440. The molecule has 2 unspecified atom stereocenters. The highest BCUT2D eigenvalue weighted by Crippen LogP contribution is 2.40. The third kappa shape index (κ3) is 3.14. The van der Waals surface area contributed by atoms with Crippen LogP contribution in [0.25, 0.3) is 0 Å². The Kier molecular flexibility index (Phi) is 3.92. The Morgan fingerprint density at radius 3 is 2.53 bits per heavy atom. The van der Waals surface area contributed by atoms with Crippen LogP contribution in [0.5, 0.6) is 0 Å². The van der Waals surface area contributed by atoms with Crippen LogP contribution in [0, 0.1) is 12.3 Å². The van der Waals surface area contributed by atoms with Crippen LogP contribution in [-0.4, -0.2) is 29.7 Å². The lowest BCUT2D eigenvalue weighted by Crippen LogP contribution is -2.60. The van der Waals surface area contributed by atoms with Crippen molar-refractivity contribution in [2.45, 2.75) is 39.3 Å². The van der Waals surface area contributed by atoms with E-state index in [9.17, 15) is 9.90 Å². The number of nitrogens with one attached hydrogen (secondary N) is 2. The Bertz CT molecular complexity index is 454. The SMILES string of the molecule is Cc1ccc(NC(=O)CNC2CC(O)C2(C)C)cc1. The van der Waals surface area contributed by atoms with Gasteiger partial charge in [0.15, 0.2) is 0 Å². The molecule has 1 amide bonds. The second-order valence-electron chi connectivity index (χ2n) is 5.92. The van der Waals surface area contributed by atoms with Gasteiger partial charge in [0, 0.05) is 17.1 Å². The third-order valence-corrected chi connectivity index (χ3v) is 4.06. The highest BCUT2D eigenvalue weighted by Gasteiger charge is 2.46. The molecule has 104 valence electrons. The van der Waals surface area contributed by atoms with Crippen molar-refractivity contribution >= 4 is 11.6 Å². The van der Waals surface area contributed by atoms with Gasteiger partial charge in [-0.1, -0.05) is 31.5 Å². The lowest BCUT2D eigenvalue weighted by atomic mass is 9.64. The van der Waals surface area contributed by atoms with Crippen molar-refractivity contribution < 1.29 is 9.90 Å². The summed E-state index contributed by atoms with van der Waals surface area (Å²) in [6, 6.07) is 7.92. The third-order valence-electron chi connectivity index (χ3n) is 4.06. The molecule has 0 saturated heterocycles. The molecule has 0 aliphatic heterocycles. The molecule has 4 heteroatoms. The van der Waals surface area contributed by atoms with Gasteiger partial charge in [-0.15, -0.1) is 0 Å². The first-order chi connectivity index (χ1) is 8.89. The molecule has 0 bridgehead atoms. The normalized spacial score (nSPS) is 24.6. The van der Waals surface area contributed by atoms with Gasteiger partial charge in [-0.2, -0.15) is 0 Å². The first-order valence-electron chi connectivity index (χ1n) is 6.67. The van der Waals surface area contributed by atoms with Gasteiger partial charge in [-0.05, 0) is 25.5 Å². The van der Waals surface area contributed by atoms with Crippen LogP contribution >= 0.6 is 0 Å². The van der Waals surface area contributed by atoms with Gasteiger partial charge in [0.05, 0.1) is 12.6 Å². The van der Waals surface area contributed by atoms with Gasteiger partial charge >= 0.3 is 0 Å². The molecule has 19 heavy (non-hydrogen) atoms. The van der Waals surface area contributed by atoms with Crippen molar-refractivity contribution in [2.24, 2.45) is 5.41 Å². The van der Waals surface area contributed by atoms with Gasteiger partial charge in [-0.3, -0.25) is 4.79 Å². The van der Waals surface area contributed by atoms with E-state index in [1.165, 1.54) is 5.56 Å². The molecule has 0 heterocycles. The average Bonchev–Trinajstić information content (AvgIpc) is 2.37. The van der Waals surface area contributed by atoms with Crippen LogP contribution in [-0.2, 0) is 4.79 Å². The maximum absolute atomic E-state index is 11.8. The van der Waals surface area contributed by atoms with E-state index in [0.717, 1.165) is 5.69 Å². The molecule has 2 rings (SSSR count). The number of rotatable bonds is 4. The number of hydrogen-bond acceptors (Lipinski definition) is 3. The standard InChI is InChI=1S/C15H22N2O2/c1-10-4-6-11(7-5-10)17-14(19)9-16-12-8-13(18)15(12,2)3/h4-7,12-13,16,18H,8-9H2,1-3H3,(H,17,19). The van der Waals surface area contributed by atoms with Gasteiger partial charge < -0.3 is 15.7 Å². The van der Waals surface area contributed by atoms with Gasteiger partial charge in [0.25, 0.3) is 0 Å². The Morgan fingerprint density at radius 1 is 1.37 bits per heavy atom. The number of aliphatic hydroxyl groups excluding tert-OH is 1. The second kappa shape index (κ2) is 5.31. The molecule has 1 fully saturated rings. The Hall–Kier alpha value is -1.39. The smallest absolute Gasteiger partial charge is 0.238 e. The topological polar surface area (TPSA) is 61.4 Å². The number of benzene rings is 1. The van der Waals surface area contributed by atoms with E-state index in [1.54, 1.807) is 0 Å². The van der Waals surface area contributed by atoms with E-state index >= 15 is 0 Å². The van der Waals surface area contributed by atoms with Crippen LogP contribution in [0.3, 0.4) is 0 Å². The lowest BCUT2D eigenvalue weighted by Gasteiger charge is -2.49. The Labute approximate surface area is 114 Å². The van der Waals surface area contributed by atoms with Crippen molar-refractivity contribution in [1.29, 1.82) is 0 Å². The van der Waals surface area contributed by atoms with Crippen molar-refractivity contribution in [1.82, 2.24) is 5.32 Å². The van der Waals surface area contributed by atoms with Gasteiger partial charge in [0.1, 0.15) is 0 Å². The predicted octanol–water partition coefficient (Wildman–Crippen LogP) is 1.68. The van der Waals surface area contributed by atoms with Crippen LogP contribution in [0.15, 0.2) is 24.3 Å². The molecule has 1 aliphatic rings. The van der Waals surface area contributed by atoms with Crippen LogP contribution in [0.2, 0.25) is 0 Å². The first kappa shape index (κ1) is 14.0. The van der Waals surface area contributed by atoms with E-state index in [4.69, 9.17) is 0 Å². The molecular formula is C15H22N2O2. The summed E-state index contributed by atoms with van der Waals surface area (Å²) in [4.78, 5) is 11.8. The second-order valence-corrected chi connectivity index (χ2v) is 5.92. The molecule has 1 saturated carbocycles. The summed E-state index contributed by atoms with van der Waals surface area (Å²) in [5, 5.41) is 15.7. The quantitative estimate of drug-likeness (QED) is 0.773. The molecule has 1 aromatic carbocycles. The fraction of sp³-hybridized carbons (Fsp3) is 0.533. The van der Waals surface area contributed by atoms with Crippen molar-refractivity contribution in [3.8, 4) is 0 Å². The highest BCUT2D eigenvalue weighted by atomic mass is 16.3. The first-order valence-corrected chi connectivity index (χ1v) is 6.67. The zero-order valence-corrected chi connectivity index (χ0v) is 11.7. The number of carbonyl (C=O) groups excluding carboxylic acids is 1. The lowest BCUT2D eigenvalue weighted by molar-refractivity contribution is -0.117. The maximum Gasteiger partial charge on any atom is 0.238 e. The van der Waals surface area contributed by atoms with Crippen LogP contribution in [0.1, 0.15) is 25.8 Å². The van der Waals surface area contributed by atoms with Gasteiger partial charge in [-0.25, -0.2) is 0 Å². The number of hydrogen-bond donors (Lipinski definition) is 3. The fourth-order valence-corrected chi connectivity index (χ4v) is 2.31. The molecule has 1 aliphatic carbocycles. The minimum absolute atomic E-state index is 0.0546. The van der Waals surface area contributed by atoms with E-state index in [-0.39, 0.29) is 30.0 Å². The summed E-state index contributed by atoms with van der Waals surface area (Å²) in [6.45, 7) is 6.30. The van der Waals surface area contributed by atoms with E-state index < -0.39 is 0 Å². The van der Waals surface area contributed by atoms with E-state index in [0.29, 0.717) is 6.42 Å². The predicted molar refractivity (Wildman–Crippen MR) is 76.0 cm³/mol. The minimum atomic E-state index is -0.273. The fourth-order valence-electron chi connectivity index (χ4n) is 2.31. The maximum atomic E-state index is 11.8. The Balaban J connectivity index is 1.78. The van der Waals surface area contributed by atoms with Crippen molar-refractivity contribution in [3.05, 3.63) is 29.8 Å². The number of aryl methyl sites for hydroxylation is 1. The molecule has 3 N–H and O–H groups in total. The number of anilines is 1. The molecule has 2 atom stereocenters. The summed E-state index contributed by atoms with van der Waals surface area (Å²) in [5.74, 6) is -0.0546. The monoisotopic (exact) mass is 262 g/mol. The molecular weight excluding hydrogens is 240 g/mol. The van der Waals surface area contributed by atoms with E-state index in [2.05, 4.69) is 10.6 Å². The molecule has 4 nitrogen and oxygen atoms in total. The zero-order valence-electron chi connectivity index (χ0n) is 11.7. The number of aliphatic hydroxyl groups is 1. The molecule has 0 radical (unpaired) electrons. The zero-order chi connectivity index (χ0) is 14.0. The van der Waals surface area contributed by atoms with E-state index in [1.807, 2.05) is 45.0 Å². The molecule has 0 aromatic heterocycles. The van der Waals surface area contributed by atoms with Crippen molar-refractivity contribution in [2.75, 3.05) is 11.9 Å². The summed E-state index contributed by atoms with van der Waals surface area (Å²) in [7, 11) is 0. The number of carbonyl (C=O) groups is 1. The summed E-state index contributed by atoms with van der Waals surface area (Å²) in [5.41, 5.74) is 1.83. The Morgan fingerprint density at radius 2 is 2.00 bits per heavy atom. The summed E-state index contributed by atoms with van der Waals surface area (Å²) >= 11 is 0. The molecule has 1 aromatic rings. The van der Waals surface area contributed by atoms with Crippen LogP contribution in [0.4, 0.5) is 5.69 Å². The largest absolute Gasteiger partial charge is 0.392 e. The van der Waals surface area contributed by atoms with Crippen LogP contribution < -0.4 is 10.6 Å². The summed E-state index contributed by atoms with van der Waals surface area (Å²) < 4.78 is 0. The molecule has 0 spiro atoms. The number of amides is 1. The highest BCUT2D eigenvalue weighted by molar-refractivity contribution is 5.92. The van der Waals surface area contributed by atoms with Crippen molar-refractivity contribution in [3.63, 3.8) is 0 Å². The minimum Gasteiger partial charge on any atom is -0.392 e. The average molecular weight is 262 g/mol.